The summed E-state index contributed by atoms with van der Waals surface area (Å²) in [5, 5.41) is -1.31. The minimum atomic E-state index is -5.07. The SMILES string of the molecule is O=S(=O)(F)c1cc(F)c(Cl)nc1Cl. The standard InChI is InChI=1S/C5HCl2F2NO2S/c6-4-2(8)1-3(5(7)10-4)13(9,11)12/h1H. The van der Waals surface area contributed by atoms with Gasteiger partial charge in [0.05, 0.1) is 0 Å². The third kappa shape index (κ3) is 2.26. The molecule has 0 unspecified atom stereocenters. The van der Waals surface area contributed by atoms with Crippen molar-refractivity contribution in [2.24, 2.45) is 0 Å². The molecule has 1 rings (SSSR count). The van der Waals surface area contributed by atoms with Gasteiger partial charge in [-0.3, -0.25) is 0 Å². The normalized spacial score (nSPS) is 11.7. The van der Waals surface area contributed by atoms with Gasteiger partial charge in [-0.1, -0.05) is 23.2 Å². The Hall–Kier alpha value is -0.460. The predicted octanol–water partition coefficient (Wildman–Crippen LogP) is 2.19. The lowest BCUT2D eigenvalue weighted by Gasteiger charge is -1.99. The summed E-state index contributed by atoms with van der Waals surface area (Å²) in [5.41, 5.74) is 0. The van der Waals surface area contributed by atoms with Gasteiger partial charge in [0.25, 0.3) is 0 Å². The molecule has 3 nitrogen and oxygen atoms in total. The van der Waals surface area contributed by atoms with Gasteiger partial charge < -0.3 is 0 Å². The molecule has 0 amide bonds. The molecule has 0 aliphatic carbocycles. The first-order valence-electron chi connectivity index (χ1n) is 2.78. The van der Waals surface area contributed by atoms with Crippen LogP contribution >= 0.6 is 23.2 Å². The van der Waals surface area contributed by atoms with Gasteiger partial charge in [-0.15, -0.1) is 3.89 Å². The molecule has 0 aliphatic rings. The van der Waals surface area contributed by atoms with Gasteiger partial charge in [0.2, 0.25) is 0 Å². The van der Waals surface area contributed by atoms with Gasteiger partial charge in [0, 0.05) is 6.07 Å². The Morgan fingerprint density at radius 1 is 1.31 bits per heavy atom. The van der Waals surface area contributed by atoms with Crippen LogP contribution in [0.2, 0.25) is 10.3 Å². The highest BCUT2D eigenvalue weighted by Gasteiger charge is 2.20. The lowest BCUT2D eigenvalue weighted by Crippen LogP contribution is -1.97. The molecule has 0 saturated heterocycles. The van der Waals surface area contributed by atoms with Crippen molar-refractivity contribution in [1.29, 1.82) is 0 Å². The first kappa shape index (κ1) is 10.6. The molecule has 0 radical (unpaired) electrons. The molecule has 0 fully saturated rings. The molecule has 1 heterocycles. The quantitative estimate of drug-likeness (QED) is 0.565. The zero-order chi connectivity index (χ0) is 10.2. The van der Waals surface area contributed by atoms with Crippen LogP contribution in [0.1, 0.15) is 0 Å². The maximum atomic E-state index is 12.6. The Morgan fingerprint density at radius 3 is 2.31 bits per heavy atom. The van der Waals surface area contributed by atoms with Crippen LogP contribution < -0.4 is 0 Å². The first-order valence-corrected chi connectivity index (χ1v) is 4.92. The molecule has 1 aromatic heterocycles. The van der Waals surface area contributed by atoms with Crippen LogP contribution in [0.3, 0.4) is 0 Å². The van der Waals surface area contributed by atoms with E-state index in [9.17, 15) is 16.7 Å². The number of hydrogen-bond acceptors (Lipinski definition) is 3. The molecular weight excluding hydrogens is 247 g/mol. The zero-order valence-corrected chi connectivity index (χ0v) is 8.09. The molecule has 72 valence electrons. The van der Waals surface area contributed by atoms with Crippen LogP contribution in [0.5, 0.6) is 0 Å². The lowest BCUT2D eigenvalue weighted by molar-refractivity contribution is 0.548. The van der Waals surface area contributed by atoms with Gasteiger partial charge in [0.1, 0.15) is 4.90 Å². The fourth-order valence-electron chi connectivity index (χ4n) is 0.600. The van der Waals surface area contributed by atoms with E-state index in [1.807, 2.05) is 0 Å². The largest absolute Gasteiger partial charge is 0.335 e. The average Bonchev–Trinajstić information content (AvgIpc) is 1.94. The molecule has 0 saturated carbocycles. The molecule has 8 heteroatoms. The van der Waals surface area contributed by atoms with Gasteiger partial charge in [-0.2, -0.15) is 8.42 Å². The molecule has 13 heavy (non-hydrogen) atoms. The highest BCUT2D eigenvalue weighted by Crippen LogP contribution is 2.25. The van der Waals surface area contributed by atoms with Gasteiger partial charge in [-0.25, -0.2) is 9.37 Å². The van der Waals surface area contributed by atoms with E-state index in [2.05, 4.69) is 4.98 Å². The van der Waals surface area contributed by atoms with Gasteiger partial charge in [-0.05, 0) is 0 Å². The summed E-state index contributed by atoms with van der Waals surface area (Å²) in [6.07, 6.45) is 0. The molecular formula is C5HCl2F2NO2S. The second kappa shape index (κ2) is 3.36. The van der Waals surface area contributed by atoms with Crippen molar-refractivity contribution >= 4 is 33.4 Å². The van der Waals surface area contributed by atoms with Crippen molar-refractivity contribution in [3.05, 3.63) is 22.2 Å². The summed E-state index contributed by atoms with van der Waals surface area (Å²) in [5.74, 6) is -1.15. The summed E-state index contributed by atoms with van der Waals surface area (Å²) in [6.45, 7) is 0. The Labute approximate surface area is 82.5 Å². The highest BCUT2D eigenvalue weighted by molar-refractivity contribution is 7.86. The number of halogens is 4. The van der Waals surface area contributed by atoms with Crippen molar-refractivity contribution in [3.8, 4) is 0 Å². The summed E-state index contributed by atoms with van der Waals surface area (Å²) in [4.78, 5) is 2.04. The fourth-order valence-corrected chi connectivity index (χ4v) is 1.69. The lowest BCUT2D eigenvalue weighted by atomic mass is 10.5. The fraction of sp³-hybridized carbons (Fsp3) is 0. The Morgan fingerprint density at radius 2 is 1.85 bits per heavy atom. The van der Waals surface area contributed by atoms with Gasteiger partial charge in [0.15, 0.2) is 16.1 Å². The Balaban J connectivity index is 3.50. The molecule has 0 atom stereocenters. The number of hydrogen-bond donors (Lipinski definition) is 0. The van der Waals surface area contributed by atoms with Crippen LogP contribution in [0, 0.1) is 5.82 Å². The van der Waals surface area contributed by atoms with Crippen molar-refractivity contribution in [3.63, 3.8) is 0 Å². The molecule has 1 aromatic rings. The Kier molecular flexibility index (Phi) is 2.74. The molecule has 0 N–H and O–H groups in total. The van der Waals surface area contributed by atoms with E-state index in [-0.39, 0.29) is 0 Å². The monoisotopic (exact) mass is 247 g/mol. The number of rotatable bonds is 1. The second-order valence-electron chi connectivity index (χ2n) is 1.99. The summed E-state index contributed by atoms with van der Waals surface area (Å²) < 4.78 is 45.6. The Bertz CT molecular complexity index is 448. The molecule has 0 bridgehead atoms. The van der Waals surface area contributed by atoms with Crippen molar-refractivity contribution in [2.45, 2.75) is 4.90 Å². The predicted molar refractivity (Wildman–Crippen MR) is 42.5 cm³/mol. The molecule has 0 spiro atoms. The number of nitrogens with zero attached hydrogens (tertiary/aromatic N) is 1. The van der Waals surface area contributed by atoms with E-state index in [0.717, 1.165) is 0 Å². The molecule has 0 aliphatic heterocycles. The smallest absolute Gasteiger partial charge is 0.220 e. The van der Waals surface area contributed by atoms with Crippen LogP contribution in [-0.2, 0) is 10.2 Å². The minimum Gasteiger partial charge on any atom is -0.220 e. The third-order valence-electron chi connectivity index (χ3n) is 1.12. The van der Waals surface area contributed by atoms with E-state index in [4.69, 9.17) is 23.2 Å². The van der Waals surface area contributed by atoms with E-state index in [1.165, 1.54) is 0 Å². The van der Waals surface area contributed by atoms with E-state index in [0.29, 0.717) is 6.07 Å². The van der Waals surface area contributed by atoms with E-state index < -0.39 is 31.2 Å². The summed E-state index contributed by atoms with van der Waals surface area (Å²) >= 11 is 10.4. The topological polar surface area (TPSA) is 47.0 Å². The average molecular weight is 248 g/mol. The second-order valence-corrected chi connectivity index (χ2v) is 4.02. The highest BCUT2D eigenvalue weighted by atomic mass is 35.5. The summed E-state index contributed by atoms with van der Waals surface area (Å²) in [7, 11) is -5.07. The first-order chi connectivity index (χ1) is 5.82. The van der Waals surface area contributed by atoms with E-state index >= 15 is 0 Å². The maximum absolute atomic E-state index is 12.6. The number of aromatic nitrogens is 1. The maximum Gasteiger partial charge on any atom is 0.335 e. The van der Waals surface area contributed by atoms with Crippen molar-refractivity contribution < 1.29 is 16.7 Å². The van der Waals surface area contributed by atoms with Crippen LogP contribution in [0.4, 0.5) is 8.28 Å². The van der Waals surface area contributed by atoms with Crippen LogP contribution in [0.15, 0.2) is 11.0 Å². The zero-order valence-electron chi connectivity index (χ0n) is 5.76. The third-order valence-corrected chi connectivity index (χ3v) is 2.62. The van der Waals surface area contributed by atoms with Crippen LogP contribution in [0.25, 0.3) is 0 Å². The van der Waals surface area contributed by atoms with E-state index in [1.54, 1.807) is 0 Å². The summed E-state index contributed by atoms with van der Waals surface area (Å²) in [6, 6.07) is 0.368. The minimum absolute atomic E-state index is 0.368. The van der Waals surface area contributed by atoms with Crippen molar-refractivity contribution in [1.82, 2.24) is 4.98 Å². The van der Waals surface area contributed by atoms with Gasteiger partial charge >= 0.3 is 10.2 Å². The number of pyridine rings is 1. The molecule has 0 aromatic carbocycles. The van der Waals surface area contributed by atoms with Crippen LogP contribution in [-0.4, -0.2) is 13.4 Å². The van der Waals surface area contributed by atoms with Crippen molar-refractivity contribution in [2.75, 3.05) is 0 Å².